The molecule has 3 rings (SSSR count). The van der Waals surface area contributed by atoms with Crippen molar-refractivity contribution in [2.75, 3.05) is 42.9 Å². The maximum Gasteiger partial charge on any atom is 0.238 e. The van der Waals surface area contributed by atoms with Crippen molar-refractivity contribution in [3.05, 3.63) is 59.1 Å². The SMILES string of the molecule is O=C(CN1CCN(c2cccc(Cl)c2)CC1)Nc1cc(F)ccc1F. The van der Waals surface area contributed by atoms with Crippen molar-refractivity contribution in [1.29, 1.82) is 0 Å². The molecule has 2 aromatic carbocycles. The predicted octanol–water partition coefficient (Wildman–Crippen LogP) is 3.38. The van der Waals surface area contributed by atoms with Gasteiger partial charge in [0.15, 0.2) is 0 Å². The zero-order valence-electron chi connectivity index (χ0n) is 13.5. The Morgan fingerprint density at radius 3 is 2.56 bits per heavy atom. The lowest BCUT2D eigenvalue weighted by Gasteiger charge is -2.35. The van der Waals surface area contributed by atoms with E-state index in [0.29, 0.717) is 18.1 Å². The molecule has 1 amide bonds. The van der Waals surface area contributed by atoms with E-state index in [-0.39, 0.29) is 18.1 Å². The van der Waals surface area contributed by atoms with Crippen molar-refractivity contribution in [2.45, 2.75) is 0 Å². The number of amides is 1. The van der Waals surface area contributed by atoms with Crippen molar-refractivity contribution in [2.24, 2.45) is 0 Å². The first kappa shape index (κ1) is 17.6. The van der Waals surface area contributed by atoms with E-state index in [4.69, 9.17) is 11.6 Å². The molecular formula is C18H18ClF2N3O. The van der Waals surface area contributed by atoms with Gasteiger partial charge in [-0.3, -0.25) is 9.69 Å². The van der Waals surface area contributed by atoms with Gasteiger partial charge < -0.3 is 10.2 Å². The number of anilines is 2. The summed E-state index contributed by atoms with van der Waals surface area (Å²) in [5, 5.41) is 3.11. The number of hydrogen-bond acceptors (Lipinski definition) is 3. The summed E-state index contributed by atoms with van der Waals surface area (Å²) in [5.41, 5.74) is 0.918. The molecule has 132 valence electrons. The number of nitrogens with one attached hydrogen (secondary N) is 1. The Morgan fingerprint density at radius 2 is 1.84 bits per heavy atom. The van der Waals surface area contributed by atoms with E-state index in [1.54, 1.807) is 0 Å². The maximum absolute atomic E-state index is 13.6. The molecule has 0 radical (unpaired) electrons. The summed E-state index contributed by atoms with van der Waals surface area (Å²) >= 11 is 6.02. The normalized spacial score (nSPS) is 15.2. The van der Waals surface area contributed by atoms with Crippen molar-refractivity contribution in [1.82, 2.24) is 4.90 Å². The number of halogens is 3. The second-order valence-electron chi connectivity index (χ2n) is 5.92. The van der Waals surface area contributed by atoms with Crippen molar-refractivity contribution in [3.63, 3.8) is 0 Å². The first-order valence-electron chi connectivity index (χ1n) is 7.99. The average Bonchev–Trinajstić information content (AvgIpc) is 2.59. The quantitative estimate of drug-likeness (QED) is 0.902. The van der Waals surface area contributed by atoms with Gasteiger partial charge in [-0.1, -0.05) is 17.7 Å². The summed E-state index contributed by atoms with van der Waals surface area (Å²) in [6.07, 6.45) is 0. The summed E-state index contributed by atoms with van der Waals surface area (Å²) in [7, 11) is 0. The Balaban J connectivity index is 1.52. The standard InChI is InChI=1S/C18H18ClF2N3O/c19-13-2-1-3-15(10-13)24-8-6-23(7-9-24)12-18(25)22-17-11-14(20)4-5-16(17)21/h1-5,10-11H,6-9,12H2,(H,22,25). The molecule has 0 bridgehead atoms. The maximum atomic E-state index is 13.6. The van der Waals surface area contributed by atoms with Crippen LogP contribution in [-0.2, 0) is 4.79 Å². The molecule has 0 atom stereocenters. The molecule has 0 aliphatic carbocycles. The summed E-state index contributed by atoms with van der Waals surface area (Å²) in [4.78, 5) is 16.2. The fraction of sp³-hybridized carbons (Fsp3) is 0.278. The van der Waals surface area contributed by atoms with Crippen molar-refractivity contribution >= 4 is 28.9 Å². The molecule has 25 heavy (non-hydrogen) atoms. The number of nitrogens with zero attached hydrogens (tertiary/aromatic N) is 2. The van der Waals surface area contributed by atoms with Crippen molar-refractivity contribution in [3.8, 4) is 0 Å². The molecule has 1 saturated heterocycles. The monoisotopic (exact) mass is 365 g/mol. The molecule has 1 aliphatic rings. The lowest BCUT2D eigenvalue weighted by atomic mass is 10.2. The number of piperazine rings is 1. The molecule has 0 unspecified atom stereocenters. The smallest absolute Gasteiger partial charge is 0.238 e. The predicted molar refractivity (Wildman–Crippen MR) is 95.1 cm³/mol. The zero-order chi connectivity index (χ0) is 17.8. The van der Waals surface area contributed by atoms with Gasteiger partial charge >= 0.3 is 0 Å². The second-order valence-corrected chi connectivity index (χ2v) is 6.35. The van der Waals surface area contributed by atoms with Crippen LogP contribution in [0.1, 0.15) is 0 Å². The molecule has 1 N–H and O–H groups in total. The van der Waals surface area contributed by atoms with Gasteiger partial charge in [0.1, 0.15) is 11.6 Å². The third-order valence-corrected chi connectivity index (χ3v) is 4.35. The highest BCUT2D eigenvalue weighted by Crippen LogP contribution is 2.21. The van der Waals surface area contributed by atoms with E-state index in [9.17, 15) is 13.6 Å². The van der Waals surface area contributed by atoms with Crippen LogP contribution in [0.4, 0.5) is 20.2 Å². The Morgan fingerprint density at radius 1 is 1.08 bits per heavy atom. The number of hydrogen-bond donors (Lipinski definition) is 1. The molecule has 0 saturated carbocycles. The first-order valence-corrected chi connectivity index (χ1v) is 8.37. The third kappa shape index (κ3) is 4.67. The fourth-order valence-electron chi connectivity index (χ4n) is 2.82. The van der Waals surface area contributed by atoms with Crippen LogP contribution in [0.15, 0.2) is 42.5 Å². The lowest BCUT2D eigenvalue weighted by molar-refractivity contribution is -0.117. The van der Waals surface area contributed by atoms with Crippen LogP contribution in [0.25, 0.3) is 0 Å². The highest BCUT2D eigenvalue weighted by molar-refractivity contribution is 6.30. The molecule has 1 aliphatic heterocycles. The molecule has 0 spiro atoms. The Bertz CT molecular complexity index is 764. The molecule has 1 fully saturated rings. The third-order valence-electron chi connectivity index (χ3n) is 4.12. The first-order chi connectivity index (χ1) is 12.0. The zero-order valence-corrected chi connectivity index (χ0v) is 14.3. The van der Waals surface area contributed by atoms with Crippen LogP contribution >= 0.6 is 11.6 Å². The van der Waals surface area contributed by atoms with E-state index < -0.39 is 11.6 Å². The van der Waals surface area contributed by atoms with E-state index in [2.05, 4.69) is 10.2 Å². The lowest BCUT2D eigenvalue weighted by Crippen LogP contribution is -2.48. The largest absolute Gasteiger partial charge is 0.369 e. The Kier molecular flexibility index (Phi) is 5.50. The van der Waals surface area contributed by atoms with E-state index >= 15 is 0 Å². The Hall–Kier alpha value is -2.18. The molecule has 0 aromatic heterocycles. The molecular weight excluding hydrogens is 348 g/mol. The van der Waals surface area contributed by atoms with Gasteiger partial charge in [0, 0.05) is 43.0 Å². The van der Waals surface area contributed by atoms with Gasteiger partial charge in [-0.15, -0.1) is 0 Å². The number of carbonyl (C=O) groups is 1. The highest BCUT2D eigenvalue weighted by atomic mass is 35.5. The van der Waals surface area contributed by atoms with Crippen LogP contribution < -0.4 is 10.2 Å². The van der Waals surface area contributed by atoms with Crippen LogP contribution in [0.5, 0.6) is 0 Å². The summed E-state index contributed by atoms with van der Waals surface area (Å²) < 4.78 is 26.7. The van der Waals surface area contributed by atoms with Gasteiger partial charge in [0.05, 0.1) is 12.2 Å². The van der Waals surface area contributed by atoms with Crippen molar-refractivity contribution < 1.29 is 13.6 Å². The molecule has 7 heteroatoms. The summed E-state index contributed by atoms with van der Waals surface area (Å²) in [6, 6.07) is 10.6. The van der Waals surface area contributed by atoms with Crippen LogP contribution in [0, 0.1) is 11.6 Å². The second kappa shape index (κ2) is 7.80. The van der Waals surface area contributed by atoms with Gasteiger partial charge in [-0.25, -0.2) is 8.78 Å². The number of rotatable bonds is 4. The summed E-state index contributed by atoms with van der Waals surface area (Å²) in [5.74, 6) is -1.60. The minimum atomic E-state index is -0.652. The number of benzene rings is 2. The summed E-state index contributed by atoms with van der Waals surface area (Å²) in [6.45, 7) is 3.07. The minimum absolute atomic E-state index is 0.137. The average molecular weight is 366 g/mol. The number of carbonyl (C=O) groups excluding carboxylic acids is 1. The molecule has 4 nitrogen and oxygen atoms in total. The Labute approximate surface area is 150 Å². The van der Waals surface area contributed by atoms with Gasteiger partial charge in [-0.05, 0) is 30.3 Å². The fourth-order valence-corrected chi connectivity index (χ4v) is 3.01. The molecule has 1 heterocycles. The van der Waals surface area contributed by atoms with E-state index in [1.165, 1.54) is 0 Å². The van der Waals surface area contributed by atoms with Gasteiger partial charge in [-0.2, -0.15) is 0 Å². The topological polar surface area (TPSA) is 35.6 Å². The van der Waals surface area contributed by atoms with Crippen LogP contribution in [0.3, 0.4) is 0 Å². The van der Waals surface area contributed by atoms with Crippen LogP contribution in [-0.4, -0.2) is 43.5 Å². The molecule has 2 aromatic rings. The van der Waals surface area contributed by atoms with E-state index in [0.717, 1.165) is 37.0 Å². The van der Waals surface area contributed by atoms with Gasteiger partial charge in [0.2, 0.25) is 5.91 Å². The minimum Gasteiger partial charge on any atom is -0.369 e. The highest BCUT2D eigenvalue weighted by Gasteiger charge is 2.20. The van der Waals surface area contributed by atoms with E-state index in [1.807, 2.05) is 29.2 Å². The van der Waals surface area contributed by atoms with Gasteiger partial charge in [0.25, 0.3) is 0 Å². The van der Waals surface area contributed by atoms with Crippen LogP contribution in [0.2, 0.25) is 5.02 Å².